The van der Waals surface area contributed by atoms with Crippen molar-refractivity contribution >= 4 is 17.2 Å². The molecule has 12 heteroatoms. The summed E-state index contributed by atoms with van der Waals surface area (Å²) in [4.78, 5) is 8.92. The molecule has 1 aromatic carbocycles. The zero-order valence-electron chi connectivity index (χ0n) is 19.3. The number of anilines is 1. The van der Waals surface area contributed by atoms with E-state index in [1.54, 1.807) is 13.0 Å². The van der Waals surface area contributed by atoms with Crippen molar-refractivity contribution in [3.05, 3.63) is 64.9 Å². The molecular weight excluding hydrogens is 478 g/mol. The number of alkyl halides is 3. The Kier molecular flexibility index (Phi) is 5.89. The van der Waals surface area contributed by atoms with Gasteiger partial charge in [-0.2, -0.15) is 23.4 Å². The van der Waals surface area contributed by atoms with Crippen LogP contribution in [0, 0.1) is 11.7 Å². The van der Waals surface area contributed by atoms with Crippen LogP contribution in [0.3, 0.4) is 0 Å². The van der Waals surface area contributed by atoms with Crippen LogP contribution >= 0.6 is 0 Å². The highest BCUT2D eigenvalue weighted by molar-refractivity contribution is 6.48. The Morgan fingerprint density at radius 2 is 1.97 bits per heavy atom. The van der Waals surface area contributed by atoms with Crippen LogP contribution in [-0.2, 0) is 12.6 Å². The molecule has 4 N–H and O–H groups in total. The predicted octanol–water partition coefficient (Wildman–Crippen LogP) is 4.22. The van der Waals surface area contributed by atoms with E-state index in [1.807, 2.05) is 0 Å². The molecule has 1 atom stereocenters. The van der Waals surface area contributed by atoms with Gasteiger partial charge in [-0.1, -0.05) is 0 Å². The average Bonchev–Trinajstić information content (AvgIpc) is 3.56. The Labute approximate surface area is 203 Å². The minimum atomic E-state index is -4.70. The van der Waals surface area contributed by atoms with Gasteiger partial charge in [0.15, 0.2) is 17.3 Å². The number of nitrogen functional groups attached to an aromatic ring is 1. The number of nitrogens with two attached hydrogens (primary N) is 2. The lowest BCUT2D eigenvalue weighted by molar-refractivity contribution is -0.141. The van der Waals surface area contributed by atoms with Crippen molar-refractivity contribution in [3.63, 3.8) is 0 Å². The summed E-state index contributed by atoms with van der Waals surface area (Å²) in [6.45, 7) is 2.15. The number of rotatable bonds is 2. The molecule has 0 unspecified atom stereocenters. The highest BCUT2D eigenvalue weighted by atomic mass is 19.4. The Bertz CT molecular complexity index is 1380. The van der Waals surface area contributed by atoms with Crippen LogP contribution in [0.1, 0.15) is 48.4 Å². The first-order valence-electron chi connectivity index (χ1n) is 11.3. The van der Waals surface area contributed by atoms with Gasteiger partial charge in [0, 0.05) is 30.3 Å². The van der Waals surface area contributed by atoms with Gasteiger partial charge in [-0.3, -0.25) is 4.99 Å². The number of ether oxygens (including phenoxy) is 1. The number of nitrogens with zero attached hydrogens (tertiary/aromatic N) is 5. The molecule has 8 nitrogen and oxygen atoms in total. The van der Waals surface area contributed by atoms with Crippen LogP contribution in [0.25, 0.3) is 5.69 Å². The van der Waals surface area contributed by atoms with Crippen LogP contribution < -0.4 is 16.3 Å². The lowest BCUT2D eigenvalue weighted by atomic mass is 10.0. The second-order valence-corrected chi connectivity index (χ2v) is 8.89. The monoisotopic (exact) mass is 501 g/mol. The fourth-order valence-electron chi connectivity index (χ4n) is 4.10. The Morgan fingerprint density at radius 1 is 1.19 bits per heavy atom. The maximum atomic E-state index is 14.3. The van der Waals surface area contributed by atoms with Crippen LogP contribution in [0.15, 0.2) is 46.6 Å². The van der Waals surface area contributed by atoms with E-state index in [0.717, 1.165) is 29.7 Å². The number of benzene rings is 1. The van der Waals surface area contributed by atoms with Gasteiger partial charge in [-0.15, -0.1) is 0 Å². The van der Waals surface area contributed by atoms with E-state index >= 15 is 0 Å². The Balaban J connectivity index is 1.75. The second kappa shape index (κ2) is 8.92. The molecule has 3 aromatic rings. The zero-order valence-corrected chi connectivity index (χ0v) is 19.3. The predicted molar refractivity (Wildman–Crippen MR) is 126 cm³/mol. The van der Waals surface area contributed by atoms with E-state index < -0.39 is 23.8 Å². The molecule has 0 saturated heterocycles. The van der Waals surface area contributed by atoms with E-state index in [-0.39, 0.29) is 40.6 Å². The van der Waals surface area contributed by atoms with E-state index in [0.29, 0.717) is 23.7 Å². The molecule has 0 amide bonds. The number of hydrogen-bond acceptors (Lipinski definition) is 7. The van der Waals surface area contributed by atoms with Gasteiger partial charge in [0.2, 0.25) is 0 Å². The molecule has 5 rings (SSSR count). The van der Waals surface area contributed by atoms with E-state index in [9.17, 15) is 17.6 Å². The fraction of sp³-hybridized carbons (Fsp3) is 0.333. The first-order valence-corrected chi connectivity index (χ1v) is 11.3. The first-order chi connectivity index (χ1) is 17.1. The number of halogens is 4. The fourth-order valence-corrected chi connectivity index (χ4v) is 4.10. The lowest BCUT2D eigenvalue weighted by Gasteiger charge is -2.22. The molecule has 1 aliphatic carbocycles. The molecular formula is C24H23F4N7O. The van der Waals surface area contributed by atoms with Crippen molar-refractivity contribution in [1.29, 1.82) is 0 Å². The van der Waals surface area contributed by atoms with Gasteiger partial charge in [0.05, 0.1) is 22.8 Å². The minimum absolute atomic E-state index is 0.0903. The number of aliphatic imine (C=N–C) groups is 1. The topological polar surface area (TPSA) is 117 Å². The Hall–Kier alpha value is -3.96. The first kappa shape index (κ1) is 23.8. The van der Waals surface area contributed by atoms with Crippen LogP contribution in [0.5, 0.6) is 5.75 Å². The van der Waals surface area contributed by atoms with Gasteiger partial charge in [0.25, 0.3) is 0 Å². The van der Waals surface area contributed by atoms with E-state index in [1.165, 1.54) is 18.3 Å². The van der Waals surface area contributed by atoms with Crippen molar-refractivity contribution in [2.24, 2.45) is 21.9 Å². The van der Waals surface area contributed by atoms with E-state index in [4.69, 9.17) is 21.3 Å². The maximum Gasteiger partial charge on any atom is 0.435 e. The van der Waals surface area contributed by atoms with Crippen molar-refractivity contribution in [1.82, 2.24) is 14.8 Å². The summed E-state index contributed by atoms with van der Waals surface area (Å²) in [6, 6.07) is 6.26. The quantitative estimate of drug-likeness (QED) is 0.310. The summed E-state index contributed by atoms with van der Waals surface area (Å²) in [6.07, 6.45) is -2.05. The molecule has 2 aromatic heterocycles. The number of hydrogen-bond donors (Lipinski definition) is 2. The smallest absolute Gasteiger partial charge is 0.435 e. The molecule has 0 spiro atoms. The Morgan fingerprint density at radius 3 is 2.67 bits per heavy atom. The molecule has 1 saturated carbocycles. The van der Waals surface area contributed by atoms with E-state index in [2.05, 4.69) is 15.2 Å². The third-order valence-electron chi connectivity index (χ3n) is 6.17. The zero-order chi connectivity index (χ0) is 25.6. The van der Waals surface area contributed by atoms with Crippen LogP contribution in [-0.4, -0.2) is 32.7 Å². The van der Waals surface area contributed by atoms with Gasteiger partial charge < -0.3 is 16.3 Å². The van der Waals surface area contributed by atoms with Crippen molar-refractivity contribution in [2.75, 3.05) is 12.3 Å². The van der Waals surface area contributed by atoms with Crippen LogP contribution in [0.4, 0.5) is 23.4 Å². The summed E-state index contributed by atoms with van der Waals surface area (Å²) >= 11 is 0. The lowest BCUT2D eigenvalue weighted by Crippen LogP contribution is -2.24. The normalized spacial score (nSPS) is 20.3. The largest absolute Gasteiger partial charge is 0.482 e. The minimum Gasteiger partial charge on any atom is -0.482 e. The number of pyridine rings is 1. The molecule has 0 radical (unpaired) electrons. The molecule has 2 bridgehead atoms. The molecule has 1 fully saturated rings. The molecule has 188 valence electrons. The number of hydrazone groups is 1. The van der Waals surface area contributed by atoms with Gasteiger partial charge >= 0.3 is 6.18 Å². The molecule has 3 heterocycles. The maximum absolute atomic E-state index is 14.3. The van der Waals surface area contributed by atoms with Crippen molar-refractivity contribution in [3.8, 4) is 11.4 Å². The summed E-state index contributed by atoms with van der Waals surface area (Å²) in [7, 11) is 0. The number of fused-ring (bicyclic) bond motifs is 5. The third-order valence-corrected chi connectivity index (χ3v) is 6.17. The summed E-state index contributed by atoms with van der Waals surface area (Å²) < 4.78 is 62.5. The van der Waals surface area contributed by atoms with Gasteiger partial charge in [-0.25, -0.2) is 14.1 Å². The summed E-state index contributed by atoms with van der Waals surface area (Å²) in [5.41, 5.74) is 6.70. The third kappa shape index (κ3) is 4.62. The molecule has 1 aliphatic heterocycles. The second-order valence-electron chi connectivity index (χ2n) is 8.89. The SMILES string of the molecule is C[C@H]1Oc2cc(cnc2N)C(=NCC2CC2)C(=NN)Cc2cc(C(F)(F)F)nn2-c2ccc(F)cc21. The molecule has 2 aliphatic rings. The van der Waals surface area contributed by atoms with Gasteiger partial charge in [-0.05, 0) is 56.0 Å². The van der Waals surface area contributed by atoms with Gasteiger partial charge in [0.1, 0.15) is 11.9 Å². The number of aromatic nitrogens is 3. The highest BCUT2D eigenvalue weighted by Crippen LogP contribution is 2.35. The summed E-state index contributed by atoms with van der Waals surface area (Å²) in [5, 5.41) is 7.71. The van der Waals surface area contributed by atoms with Crippen molar-refractivity contribution in [2.45, 2.75) is 38.5 Å². The average molecular weight is 501 g/mol. The van der Waals surface area contributed by atoms with Crippen LogP contribution in [0.2, 0.25) is 0 Å². The highest BCUT2D eigenvalue weighted by Gasteiger charge is 2.36. The molecule has 36 heavy (non-hydrogen) atoms. The standard InChI is InChI=1S/C24H23F4N7O/c1-12-17-7-15(25)4-5-19(17)35-16(9-21(34-35)24(26,27)28)8-18(33-30)22(31-10-13-2-3-13)14-6-20(36-12)23(29)32-11-14/h4-7,9,11-13H,2-3,8,10,30H2,1H3,(H2,29,32)/t12-/m1/s1. The van der Waals surface area contributed by atoms with Crippen molar-refractivity contribution < 1.29 is 22.3 Å². The summed E-state index contributed by atoms with van der Waals surface area (Å²) in [5.74, 6) is 5.89.